The number of methoxy groups -OCH3 is 1. The molecule has 4 nitrogen and oxygen atoms in total. The van der Waals surface area contributed by atoms with Gasteiger partial charge in [-0.1, -0.05) is 6.07 Å². The van der Waals surface area contributed by atoms with Gasteiger partial charge in [0, 0.05) is 0 Å². The highest BCUT2D eigenvalue weighted by atomic mass is 31.2. The molecule has 1 rings (SSSR count). The zero-order chi connectivity index (χ0) is 10.8. The van der Waals surface area contributed by atoms with Crippen LogP contribution < -0.4 is 4.74 Å². The number of halogens is 1. The van der Waals surface area contributed by atoms with Crippen molar-refractivity contribution in [1.29, 1.82) is 0 Å². The molecule has 0 spiro atoms. The van der Waals surface area contributed by atoms with E-state index in [1.165, 1.54) is 19.2 Å². The fourth-order valence-electron chi connectivity index (χ4n) is 1.05. The quantitative estimate of drug-likeness (QED) is 0.757. The summed E-state index contributed by atoms with van der Waals surface area (Å²) >= 11 is 0. The number of rotatable bonds is 3. The maximum Gasteiger partial charge on any atom is 0.329 e. The van der Waals surface area contributed by atoms with Crippen molar-refractivity contribution >= 4 is 7.60 Å². The van der Waals surface area contributed by atoms with Gasteiger partial charge >= 0.3 is 7.60 Å². The molecule has 0 fully saturated rings. The van der Waals surface area contributed by atoms with Crippen molar-refractivity contribution in [3.8, 4) is 5.75 Å². The highest BCUT2D eigenvalue weighted by Gasteiger charge is 2.15. The van der Waals surface area contributed by atoms with E-state index in [2.05, 4.69) is 4.74 Å². The first kappa shape index (κ1) is 11.2. The molecule has 0 aliphatic rings. The van der Waals surface area contributed by atoms with Crippen LogP contribution in [-0.2, 0) is 10.7 Å². The Morgan fingerprint density at radius 1 is 1.50 bits per heavy atom. The second-order valence-corrected chi connectivity index (χ2v) is 4.44. The predicted molar refractivity (Wildman–Crippen MR) is 48.7 cm³/mol. The Bertz CT molecular complexity index is 374. The van der Waals surface area contributed by atoms with Gasteiger partial charge < -0.3 is 14.5 Å². The molecule has 1 aromatic carbocycles. The zero-order valence-electron chi connectivity index (χ0n) is 7.48. The third-order valence-electron chi connectivity index (χ3n) is 1.60. The summed E-state index contributed by atoms with van der Waals surface area (Å²) in [6.07, 6.45) is -0.464. The molecule has 14 heavy (non-hydrogen) atoms. The van der Waals surface area contributed by atoms with Crippen molar-refractivity contribution in [1.82, 2.24) is 0 Å². The first-order valence-corrected chi connectivity index (χ1v) is 5.59. The summed E-state index contributed by atoms with van der Waals surface area (Å²) in [4.78, 5) is 17.3. The predicted octanol–water partition coefficient (Wildman–Crippen LogP) is 1.51. The van der Waals surface area contributed by atoms with Crippen LogP contribution in [0.15, 0.2) is 18.2 Å². The minimum atomic E-state index is -4.14. The molecule has 0 heterocycles. The molecule has 2 N–H and O–H groups in total. The average Bonchev–Trinajstić information content (AvgIpc) is 2.01. The molecule has 0 aliphatic carbocycles. The Labute approximate surface area is 80.5 Å². The highest BCUT2D eigenvalue weighted by molar-refractivity contribution is 7.50. The van der Waals surface area contributed by atoms with E-state index in [1.807, 2.05) is 0 Å². The first-order chi connectivity index (χ1) is 6.42. The lowest BCUT2D eigenvalue weighted by molar-refractivity contribution is 0.371. The summed E-state index contributed by atoms with van der Waals surface area (Å²) < 4.78 is 28.3. The smallest absolute Gasteiger partial charge is 0.329 e. The lowest BCUT2D eigenvalue weighted by atomic mass is 10.2. The Morgan fingerprint density at radius 2 is 2.14 bits per heavy atom. The van der Waals surface area contributed by atoms with Gasteiger partial charge in [0.1, 0.15) is 0 Å². The number of hydrogen-bond donors (Lipinski definition) is 2. The average molecular weight is 220 g/mol. The van der Waals surface area contributed by atoms with Crippen molar-refractivity contribution in [3.05, 3.63) is 29.6 Å². The summed E-state index contributed by atoms with van der Waals surface area (Å²) in [5.41, 5.74) is 0.247. The molecule has 0 saturated heterocycles. The summed E-state index contributed by atoms with van der Waals surface area (Å²) in [5, 5.41) is 0. The van der Waals surface area contributed by atoms with Crippen molar-refractivity contribution < 1.29 is 23.5 Å². The second kappa shape index (κ2) is 4.09. The molecule has 6 heteroatoms. The first-order valence-electron chi connectivity index (χ1n) is 3.79. The van der Waals surface area contributed by atoms with E-state index in [9.17, 15) is 8.96 Å². The molecule has 0 aromatic heterocycles. The van der Waals surface area contributed by atoms with Gasteiger partial charge in [0.25, 0.3) is 0 Å². The van der Waals surface area contributed by atoms with Gasteiger partial charge in [0.05, 0.1) is 13.3 Å². The number of hydrogen-bond acceptors (Lipinski definition) is 2. The molecule has 0 amide bonds. The molecule has 0 saturated carbocycles. The Morgan fingerprint density at radius 3 is 2.57 bits per heavy atom. The molecule has 0 radical (unpaired) electrons. The third-order valence-corrected chi connectivity index (χ3v) is 2.38. The highest BCUT2D eigenvalue weighted by Crippen LogP contribution is 2.39. The zero-order valence-corrected chi connectivity index (χ0v) is 8.37. The van der Waals surface area contributed by atoms with Crippen LogP contribution >= 0.6 is 7.60 Å². The minimum Gasteiger partial charge on any atom is -0.494 e. The standard InChI is InChI=1S/C8H10FO4P/c1-13-8-3-2-6(4-7(8)9)5-14(10,11)12/h2-4H,5H2,1H3,(H2,10,11,12). The van der Waals surface area contributed by atoms with Gasteiger partial charge in [0.15, 0.2) is 11.6 Å². The number of benzene rings is 1. The molecule has 1 aromatic rings. The largest absolute Gasteiger partial charge is 0.494 e. The molecular weight excluding hydrogens is 210 g/mol. The van der Waals surface area contributed by atoms with E-state index >= 15 is 0 Å². The molecule has 0 unspecified atom stereocenters. The van der Waals surface area contributed by atoms with Crippen LogP contribution in [-0.4, -0.2) is 16.9 Å². The van der Waals surface area contributed by atoms with E-state index in [-0.39, 0.29) is 11.3 Å². The molecule has 0 bridgehead atoms. The van der Waals surface area contributed by atoms with Crippen LogP contribution in [0.2, 0.25) is 0 Å². The van der Waals surface area contributed by atoms with Gasteiger partial charge in [0.2, 0.25) is 0 Å². The Kier molecular flexibility index (Phi) is 3.26. The summed E-state index contributed by atoms with van der Waals surface area (Å²) in [6, 6.07) is 3.80. The van der Waals surface area contributed by atoms with Gasteiger partial charge in [-0.15, -0.1) is 0 Å². The SMILES string of the molecule is COc1ccc(CP(=O)(O)O)cc1F. The summed E-state index contributed by atoms with van der Waals surface area (Å²) in [5.74, 6) is -0.571. The minimum absolute atomic E-state index is 0.0551. The molecule has 78 valence electrons. The van der Waals surface area contributed by atoms with Crippen molar-refractivity contribution in [2.75, 3.05) is 7.11 Å². The van der Waals surface area contributed by atoms with E-state index in [0.717, 1.165) is 6.07 Å². The van der Waals surface area contributed by atoms with Gasteiger partial charge in [-0.05, 0) is 17.7 Å². The van der Waals surface area contributed by atoms with E-state index in [0.29, 0.717) is 0 Å². The maximum atomic E-state index is 13.0. The van der Waals surface area contributed by atoms with E-state index in [1.54, 1.807) is 0 Å². The van der Waals surface area contributed by atoms with Crippen LogP contribution in [0.25, 0.3) is 0 Å². The maximum absolute atomic E-state index is 13.0. The van der Waals surface area contributed by atoms with Gasteiger partial charge in [-0.25, -0.2) is 4.39 Å². The van der Waals surface area contributed by atoms with Crippen LogP contribution in [0, 0.1) is 5.82 Å². The van der Waals surface area contributed by atoms with Crippen molar-refractivity contribution in [2.45, 2.75) is 6.16 Å². The lowest BCUT2D eigenvalue weighted by Gasteiger charge is -2.06. The molecule has 0 atom stereocenters. The lowest BCUT2D eigenvalue weighted by Crippen LogP contribution is -1.92. The fraction of sp³-hybridized carbons (Fsp3) is 0.250. The summed E-state index contributed by atoms with van der Waals surface area (Å²) in [7, 11) is -2.82. The normalized spacial score (nSPS) is 11.4. The van der Waals surface area contributed by atoms with E-state index < -0.39 is 19.6 Å². The van der Waals surface area contributed by atoms with Gasteiger partial charge in [-0.2, -0.15) is 0 Å². The van der Waals surface area contributed by atoms with Crippen LogP contribution in [0.1, 0.15) is 5.56 Å². The molecular formula is C8H10FO4P. The second-order valence-electron chi connectivity index (χ2n) is 2.79. The topological polar surface area (TPSA) is 66.8 Å². The van der Waals surface area contributed by atoms with Crippen LogP contribution in [0.3, 0.4) is 0 Å². The third kappa shape index (κ3) is 3.10. The van der Waals surface area contributed by atoms with Crippen LogP contribution in [0.4, 0.5) is 4.39 Å². The van der Waals surface area contributed by atoms with E-state index in [4.69, 9.17) is 9.79 Å². The van der Waals surface area contributed by atoms with Crippen LogP contribution in [0.5, 0.6) is 5.75 Å². The molecule has 0 aliphatic heterocycles. The Balaban J connectivity index is 2.92. The summed E-state index contributed by atoms with van der Waals surface area (Å²) in [6.45, 7) is 0. The fourth-order valence-corrected chi connectivity index (χ4v) is 1.72. The van der Waals surface area contributed by atoms with Crippen molar-refractivity contribution in [3.63, 3.8) is 0 Å². The monoisotopic (exact) mass is 220 g/mol. The van der Waals surface area contributed by atoms with Crippen molar-refractivity contribution in [2.24, 2.45) is 0 Å². The number of ether oxygens (including phenoxy) is 1. The van der Waals surface area contributed by atoms with Gasteiger partial charge in [-0.3, -0.25) is 4.57 Å². The Hall–Kier alpha value is -0.900.